The van der Waals surface area contributed by atoms with E-state index in [-0.39, 0.29) is 0 Å². The second-order valence-electron chi connectivity index (χ2n) is 4.95. The van der Waals surface area contributed by atoms with Gasteiger partial charge in [-0.3, -0.25) is 9.59 Å². The summed E-state index contributed by atoms with van der Waals surface area (Å²) in [4.78, 5) is 23.8. The van der Waals surface area contributed by atoms with Gasteiger partial charge in [0.1, 0.15) is 5.75 Å². The summed E-state index contributed by atoms with van der Waals surface area (Å²) < 4.78 is 6.02. The maximum atomic E-state index is 11.9. The molecule has 0 radical (unpaired) electrons. The van der Waals surface area contributed by atoms with E-state index in [2.05, 4.69) is 31.8 Å². The van der Waals surface area contributed by atoms with Gasteiger partial charge in [0.15, 0.2) is 0 Å². The Kier molecular flexibility index (Phi) is 6.55. The molecule has 0 aromatic heterocycles. The second-order valence-corrected chi connectivity index (χ2v) is 6.27. The van der Waals surface area contributed by atoms with Gasteiger partial charge in [-0.05, 0) is 42.8 Å². The Bertz CT molecular complexity index is 840. The highest BCUT2D eigenvalue weighted by Gasteiger charge is 2.14. The van der Waals surface area contributed by atoms with Crippen LogP contribution in [0, 0.1) is 6.92 Å². The van der Waals surface area contributed by atoms with E-state index in [0.717, 1.165) is 4.47 Å². The summed E-state index contributed by atoms with van der Waals surface area (Å²) in [6.07, 6.45) is 1.39. The number of anilines is 1. The summed E-state index contributed by atoms with van der Waals surface area (Å²) in [6.45, 7) is 1.74. The van der Waals surface area contributed by atoms with Crippen LogP contribution in [0.25, 0.3) is 0 Å². The van der Waals surface area contributed by atoms with Crippen molar-refractivity contribution in [2.75, 3.05) is 12.4 Å². The van der Waals surface area contributed by atoms with Crippen LogP contribution in [0.15, 0.2) is 46.0 Å². The lowest BCUT2D eigenvalue weighted by atomic mass is 10.2. The van der Waals surface area contributed by atoms with Crippen LogP contribution in [-0.2, 0) is 9.59 Å². The Balaban J connectivity index is 2.01. The third-order valence-electron chi connectivity index (χ3n) is 3.28. The van der Waals surface area contributed by atoms with Crippen molar-refractivity contribution < 1.29 is 14.3 Å². The number of hydrazone groups is 1. The number of carbonyl (C=O) groups excluding carboxylic acids is 2. The van der Waals surface area contributed by atoms with Gasteiger partial charge in [0.05, 0.1) is 13.3 Å². The number of carbonyl (C=O) groups is 2. The minimum absolute atomic E-state index is 0.463. The zero-order valence-corrected chi connectivity index (χ0v) is 15.8. The van der Waals surface area contributed by atoms with Crippen LogP contribution in [0.4, 0.5) is 5.69 Å². The number of rotatable bonds is 4. The van der Waals surface area contributed by atoms with Crippen molar-refractivity contribution in [3.05, 3.63) is 57.0 Å². The Morgan fingerprint density at radius 1 is 1.24 bits per heavy atom. The van der Waals surface area contributed by atoms with Crippen LogP contribution in [0.2, 0.25) is 5.02 Å². The largest absolute Gasteiger partial charge is 0.496 e. The number of ether oxygens (including phenoxy) is 1. The van der Waals surface area contributed by atoms with Crippen molar-refractivity contribution in [3.63, 3.8) is 0 Å². The number of benzene rings is 2. The molecule has 0 aliphatic carbocycles. The van der Waals surface area contributed by atoms with E-state index in [4.69, 9.17) is 16.3 Å². The number of hydrogen-bond donors (Lipinski definition) is 2. The molecular weight excluding hydrogens is 410 g/mol. The fraction of sp³-hybridized carbons (Fsp3) is 0.118. The Hall–Kier alpha value is -2.38. The first-order valence-electron chi connectivity index (χ1n) is 7.15. The first-order chi connectivity index (χ1) is 11.9. The number of halogens is 2. The number of nitrogens with zero attached hydrogens (tertiary/aromatic N) is 1. The first kappa shape index (κ1) is 19.0. The smallest absolute Gasteiger partial charge is 0.329 e. The van der Waals surface area contributed by atoms with Crippen LogP contribution in [0.3, 0.4) is 0 Å². The Morgan fingerprint density at radius 3 is 2.72 bits per heavy atom. The van der Waals surface area contributed by atoms with Gasteiger partial charge in [0, 0.05) is 20.7 Å². The lowest BCUT2D eigenvalue weighted by Gasteiger charge is -2.08. The molecule has 8 heteroatoms. The molecule has 0 saturated heterocycles. The van der Waals surface area contributed by atoms with Crippen molar-refractivity contribution in [3.8, 4) is 5.75 Å². The number of amides is 2. The van der Waals surface area contributed by atoms with Gasteiger partial charge >= 0.3 is 11.8 Å². The standard InChI is InChI=1S/C17H15BrClN3O3/c1-10-13(19)4-3-5-14(10)21-16(23)17(24)22-20-9-11-8-12(18)6-7-15(11)25-2/h3-9H,1-2H3,(H,21,23)(H,22,24)/b20-9-. The molecule has 0 aliphatic heterocycles. The van der Waals surface area contributed by atoms with Gasteiger partial charge < -0.3 is 10.1 Å². The molecule has 0 aliphatic rings. The van der Waals surface area contributed by atoms with Gasteiger partial charge in [-0.1, -0.05) is 33.6 Å². The molecule has 0 unspecified atom stereocenters. The zero-order valence-electron chi connectivity index (χ0n) is 13.5. The van der Waals surface area contributed by atoms with Crippen LogP contribution in [0.5, 0.6) is 5.75 Å². The summed E-state index contributed by atoms with van der Waals surface area (Å²) in [6, 6.07) is 10.4. The highest BCUT2D eigenvalue weighted by Crippen LogP contribution is 2.23. The van der Waals surface area contributed by atoms with Crippen LogP contribution >= 0.6 is 27.5 Å². The van der Waals surface area contributed by atoms with Crippen molar-refractivity contribution in [1.29, 1.82) is 0 Å². The van der Waals surface area contributed by atoms with Crippen LogP contribution in [-0.4, -0.2) is 25.1 Å². The first-order valence-corrected chi connectivity index (χ1v) is 8.32. The minimum Gasteiger partial charge on any atom is -0.496 e. The molecule has 2 aromatic rings. The molecule has 6 nitrogen and oxygen atoms in total. The fourth-order valence-electron chi connectivity index (χ4n) is 1.94. The molecule has 0 fully saturated rings. The fourth-order valence-corrected chi connectivity index (χ4v) is 2.49. The molecule has 25 heavy (non-hydrogen) atoms. The van der Waals surface area contributed by atoms with Crippen LogP contribution < -0.4 is 15.5 Å². The molecule has 130 valence electrons. The van der Waals surface area contributed by atoms with E-state index in [9.17, 15) is 9.59 Å². The summed E-state index contributed by atoms with van der Waals surface area (Å²) in [7, 11) is 1.53. The average molecular weight is 425 g/mol. The second kappa shape index (κ2) is 8.64. The van der Waals surface area contributed by atoms with Crippen LogP contribution in [0.1, 0.15) is 11.1 Å². The molecular formula is C17H15BrClN3O3. The van der Waals surface area contributed by atoms with Crippen molar-refractivity contribution >= 4 is 51.2 Å². The van der Waals surface area contributed by atoms with Crippen molar-refractivity contribution in [2.24, 2.45) is 5.10 Å². The number of hydrogen-bond acceptors (Lipinski definition) is 4. The van der Waals surface area contributed by atoms with Crippen molar-refractivity contribution in [1.82, 2.24) is 5.43 Å². The quantitative estimate of drug-likeness (QED) is 0.448. The Morgan fingerprint density at radius 2 is 2.00 bits per heavy atom. The Labute approximate surface area is 158 Å². The van der Waals surface area contributed by atoms with E-state index < -0.39 is 11.8 Å². The molecule has 0 saturated carbocycles. The lowest BCUT2D eigenvalue weighted by Crippen LogP contribution is -2.32. The van der Waals surface area contributed by atoms with Gasteiger partial charge in [-0.15, -0.1) is 0 Å². The lowest BCUT2D eigenvalue weighted by molar-refractivity contribution is -0.136. The van der Waals surface area contributed by atoms with E-state index in [1.165, 1.54) is 13.3 Å². The normalized spacial score (nSPS) is 10.6. The maximum Gasteiger partial charge on any atom is 0.329 e. The third kappa shape index (κ3) is 5.04. The number of methoxy groups -OCH3 is 1. The highest BCUT2D eigenvalue weighted by molar-refractivity contribution is 9.10. The van der Waals surface area contributed by atoms with Gasteiger partial charge in [-0.25, -0.2) is 5.43 Å². The van der Waals surface area contributed by atoms with Gasteiger partial charge in [0.2, 0.25) is 0 Å². The molecule has 0 heterocycles. The molecule has 2 N–H and O–H groups in total. The minimum atomic E-state index is -0.899. The molecule has 0 spiro atoms. The van der Waals surface area contributed by atoms with Gasteiger partial charge in [-0.2, -0.15) is 5.10 Å². The third-order valence-corrected chi connectivity index (χ3v) is 4.19. The van der Waals surface area contributed by atoms with Crippen molar-refractivity contribution in [2.45, 2.75) is 6.92 Å². The summed E-state index contributed by atoms with van der Waals surface area (Å²) in [5, 5.41) is 6.77. The average Bonchev–Trinajstić information content (AvgIpc) is 2.59. The predicted octanol–water partition coefficient (Wildman–Crippen LogP) is 3.51. The molecule has 2 rings (SSSR count). The van der Waals surface area contributed by atoms with E-state index in [1.54, 1.807) is 37.3 Å². The summed E-state index contributed by atoms with van der Waals surface area (Å²) in [5.41, 5.74) is 3.95. The van der Waals surface area contributed by atoms with E-state index >= 15 is 0 Å². The zero-order chi connectivity index (χ0) is 18.4. The molecule has 2 amide bonds. The molecule has 0 bridgehead atoms. The molecule has 0 atom stereocenters. The topological polar surface area (TPSA) is 79.8 Å². The summed E-state index contributed by atoms with van der Waals surface area (Å²) in [5.74, 6) is -1.16. The van der Waals surface area contributed by atoms with E-state index in [0.29, 0.717) is 27.6 Å². The van der Waals surface area contributed by atoms with E-state index in [1.807, 2.05) is 6.07 Å². The highest BCUT2D eigenvalue weighted by atomic mass is 79.9. The number of nitrogens with one attached hydrogen (secondary N) is 2. The predicted molar refractivity (Wildman–Crippen MR) is 101 cm³/mol. The summed E-state index contributed by atoms with van der Waals surface area (Å²) >= 11 is 9.32. The SMILES string of the molecule is COc1ccc(Br)cc1/C=N\NC(=O)C(=O)Nc1cccc(Cl)c1C. The maximum absolute atomic E-state index is 11.9. The van der Waals surface area contributed by atoms with Gasteiger partial charge in [0.25, 0.3) is 0 Å². The molecule has 2 aromatic carbocycles. The monoisotopic (exact) mass is 423 g/mol.